The molecular formula is C17H25ClN4O. The van der Waals surface area contributed by atoms with E-state index in [-0.39, 0.29) is 0 Å². The second-order valence-electron chi connectivity index (χ2n) is 6.42. The summed E-state index contributed by atoms with van der Waals surface area (Å²) in [6.45, 7) is 0. The van der Waals surface area contributed by atoms with E-state index in [9.17, 15) is 0 Å². The molecule has 0 spiro atoms. The zero-order valence-corrected chi connectivity index (χ0v) is 14.6. The fourth-order valence-corrected chi connectivity index (χ4v) is 3.90. The first-order chi connectivity index (χ1) is 11.2. The Kier molecular flexibility index (Phi) is 5.26. The third kappa shape index (κ3) is 3.55. The third-order valence-electron chi connectivity index (χ3n) is 4.93. The van der Waals surface area contributed by atoms with Crippen molar-refractivity contribution in [2.45, 2.75) is 51.0 Å². The Balaban J connectivity index is 2.02. The highest BCUT2D eigenvalue weighted by atomic mass is 35.5. The van der Waals surface area contributed by atoms with Crippen LogP contribution in [0.2, 0.25) is 5.15 Å². The number of rotatable bonds is 1. The first kappa shape index (κ1) is 16.4. The maximum atomic E-state index is 6.11. The minimum Gasteiger partial charge on any atom is -0.398 e. The van der Waals surface area contributed by atoms with Gasteiger partial charge in [-0.05, 0) is 12.8 Å². The number of halogens is 1. The van der Waals surface area contributed by atoms with Crippen LogP contribution >= 0.6 is 11.6 Å². The van der Waals surface area contributed by atoms with E-state index in [4.69, 9.17) is 16.4 Å². The first-order valence-electron chi connectivity index (χ1n) is 8.47. The molecule has 1 fully saturated rings. The molecule has 0 bridgehead atoms. The minimum absolute atomic E-state index is 0.337. The van der Waals surface area contributed by atoms with Crippen molar-refractivity contribution in [1.82, 2.24) is 4.98 Å². The van der Waals surface area contributed by atoms with E-state index in [0.717, 1.165) is 30.1 Å². The number of aromatic nitrogens is 1. The molecule has 6 heteroatoms. The van der Waals surface area contributed by atoms with Crippen LogP contribution in [-0.2, 0) is 4.84 Å². The summed E-state index contributed by atoms with van der Waals surface area (Å²) in [5.74, 6) is 1.32. The van der Waals surface area contributed by atoms with Gasteiger partial charge in [-0.25, -0.2) is 4.98 Å². The van der Waals surface area contributed by atoms with Crippen LogP contribution < -0.4 is 10.2 Å². The van der Waals surface area contributed by atoms with E-state index in [2.05, 4.69) is 20.4 Å². The molecule has 2 unspecified atom stereocenters. The van der Waals surface area contributed by atoms with Gasteiger partial charge in [0.2, 0.25) is 0 Å². The van der Waals surface area contributed by atoms with Gasteiger partial charge in [0.25, 0.3) is 0 Å². The van der Waals surface area contributed by atoms with Gasteiger partial charge >= 0.3 is 0 Å². The van der Waals surface area contributed by atoms with Crippen LogP contribution in [0.4, 0.5) is 11.4 Å². The Hall–Kier alpha value is -1.49. The minimum atomic E-state index is 0.337. The van der Waals surface area contributed by atoms with Crippen LogP contribution in [0.1, 0.15) is 44.9 Å². The standard InChI is InChI=1S/C17H25ClN4O/c1-22-15-11-19-16(18)10-14(15)20-13-9-7-5-3-4-6-8-12(13)17(22)21-23-2/h10-13,20H,3-9H2,1-2H3. The maximum absolute atomic E-state index is 6.11. The highest BCUT2D eigenvalue weighted by Gasteiger charge is 2.34. The van der Waals surface area contributed by atoms with Crippen molar-refractivity contribution in [1.29, 1.82) is 0 Å². The van der Waals surface area contributed by atoms with Crippen LogP contribution in [-0.4, -0.2) is 31.0 Å². The molecule has 0 amide bonds. The third-order valence-corrected chi connectivity index (χ3v) is 5.13. The molecule has 1 saturated carbocycles. The highest BCUT2D eigenvalue weighted by Crippen LogP contribution is 2.36. The number of hydrogen-bond acceptors (Lipinski definition) is 4. The molecule has 1 N–H and O–H groups in total. The maximum Gasteiger partial charge on any atom is 0.153 e. The average molecular weight is 337 g/mol. The van der Waals surface area contributed by atoms with Gasteiger partial charge in [0.1, 0.15) is 12.3 Å². The van der Waals surface area contributed by atoms with Gasteiger partial charge in [0, 0.05) is 25.1 Å². The molecule has 3 rings (SSSR count). The number of pyridine rings is 1. The monoisotopic (exact) mass is 336 g/mol. The quantitative estimate of drug-likeness (QED) is 0.614. The summed E-state index contributed by atoms with van der Waals surface area (Å²) < 4.78 is 0. The molecule has 2 aliphatic rings. The van der Waals surface area contributed by atoms with Gasteiger partial charge in [-0.3, -0.25) is 0 Å². The number of oxime groups is 1. The molecule has 1 aromatic rings. The molecule has 1 aliphatic heterocycles. The summed E-state index contributed by atoms with van der Waals surface area (Å²) in [4.78, 5) is 11.5. The van der Waals surface area contributed by atoms with Crippen LogP contribution in [0.15, 0.2) is 17.4 Å². The lowest BCUT2D eigenvalue weighted by atomic mass is 9.90. The number of nitrogens with one attached hydrogen (secondary N) is 1. The topological polar surface area (TPSA) is 49.8 Å². The molecule has 1 aliphatic carbocycles. The summed E-state index contributed by atoms with van der Waals surface area (Å²) in [6, 6.07) is 2.26. The lowest BCUT2D eigenvalue weighted by Gasteiger charge is -2.28. The van der Waals surface area contributed by atoms with Crippen LogP contribution in [0.3, 0.4) is 0 Å². The van der Waals surface area contributed by atoms with Crippen molar-refractivity contribution in [3.05, 3.63) is 17.4 Å². The Morgan fingerprint density at radius 3 is 2.78 bits per heavy atom. The first-order valence-corrected chi connectivity index (χ1v) is 8.85. The van der Waals surface area contributed by atoms with Crippen LogP contribution in [0, 0.1) is 5.92 Å². The summed E-state index contributed by atoms with van der Waals surface area (Å²) in [6.07, 6.45) is 10.5. The zero-order chi connectivity index (χ0) is 16.2. The molecule has 5 nitrogen and oxygen atoms in total. The summed E-state index contributed by atoms with van der Waals surface area (Å²) >= 11 is 6.11. The van der Waals surface area contributed by atoms with Gasteiger partial charge < -0.3 is 15.1 Å². The van der Waals surface area contributed by atoms with E-state index in [1.54, 1.807) is 13.3 Å². The lowest BCUT2D eigenvalue weighted by molar-refractivity contribution is 0.209. The van der Waals surface area contributed by atoms with Gasteiger partial charge in [-0.15, -0.1) is 0 Å². The Morgan fingerprint density at radius 1 is 1.26 bits per heavy atom. The molecule has 0 radical (unpaired) electrons. The predicted molar refractivity (Wildman–Crippen MR) is 95.3 cm³/mol. The highest BCUT2D eigenvalue weighted by molar-refractivity contribution is 6.29. The lowest BCUT2D eigenvalue weighted by Crippen LogP contribution is -2.39. The van der Waals surface area contributed by atoms with E-state index in [1.165, 1.54) is 32.1 Å². The van der Waals surface area contributed by atoms with E-state index < -0.39 is 0 Å². The van der Waals surface area contributed by atoms with Crippen molar-refractivity contribution in [3.8, 4) is 0 Å². The van der Waals surface area contributed by atoms with Crippen molar-refractivity contribution >= 4 is 28.8 Å². The van der Waals surface area contributed by atoms with Crippen molar-refractivity contribution < 1.29 is 4.84 Å². The van der Waals surface area contributed by atoms with E-state index in [1.807, 2.05) is 13.1 Å². The number of anilines is 2. The second kappa shape index (κ2) is 7.39. The van der Waals surface area contributed by atoms with Gasteiger partial charge in [0.05, 0.1) is 17.6 Å². The van der Waals surface area contributed by atoms with E-state index in [0.29, 0.717) is 17.1 Å². The predicted octanol–water partition coefficient (Wildman–Crippen LogP) is 4.29. The van der Waals surface area contributed by atoms with Gasteiger partial charge in [-0.1, -0.05) is 48.9 Å². The molecule has 2 atom stereocenters. The zero-order valence-electron chi connectivity index (χ0n) is 13.9. The van der Waals surface area contributed by atoms with Gasteiger partial charge in [-0.2, -0.15) is 0 Å². The van der Waals surface area contributed by atoms with E-state index >= 15 is 0 Å². The number of hydrogen-bond donors (Lipinski definition) is 1. The Morgan fingerprint density at radius 2 is 2.00 bits per heavy atom. The van der Waals surface area contributed by atoms with Crippen molar-refractivity contribution in [2.24, 2.45) is 11.1 Å². The van der Waals surface area contributed by atoms with Crippen molar-refractivity contribution in [2.75, 3.05) is 24.4 Å². The molecule has 0 saturated heterocycles. The van der Waals surface area contributed by atoms with Crippen LogP contribution in [0.5, 0.6) is 0 Å². The largest absolute Gasteiger partial charge is 0.398 e. The number of nitrogens with zero attached hydrogens (tertiary/aromatic N) is 3. The summed E-state index contributed by atoms with van der Waals surface area (Å²) in [7, 11) is 3.65. The van der Waals surface area contributed by atoms with Crippen LogP contribution in [0.25, 0.3) is 0 Å². The summed E-state index contributed by atoms with van der Waals surface area (Å²) in [5, 5.41) is 8.60. The molecular weight excluding hydrogens is 312 g/mol. The van der Waals surface area contributed by atoms with Gasteiger partial charge in [0.15, 0.2) is 5.84 Å². The Labute approximate surface area is 143 Å². The van der Waals surface area contributed by atoms with Crippen molar-refractivity contribution in [3.63, 3.8) is 0 Å². The molecule has 126 valence electrons. The smallest absolute Gasteiger partial charge is 0.153 e. The molecule has 0 aromatic carbocycles. The SMILES string of the molecule is CON=C1C2CCCCCCCC2Nc2cc(Cl)ncc2N1C. The fourth-order valence-electron chi connectivity index (χ4n) is 3.74. The molecule has 1 aromatic heterocycles. The molecule has 23 heavy (non-hydrogen) atoms. The number of fused-ring (bicyclic) bond motifs is 2. The fraction of sp³-hybridized carbons (Fsp3) is 0.647. The second-order valence-corrected chi connectivity index (χ2v) is 6.80. The normalized spacial score (nSPS) is 26.9. The average Bonchev–Trinajstić information content (AvgIpc) is 2.60. The summed E-state index contributed by atoms with van der Waals surface area (Å²) in [5.41, 5.74) is 2.03. The molecule has 2 heterocycles. The Bertz CT molecular complexity index is 578. The number of amidine groups is 1.